The summed E-state index contributed by atoms with van der Waals surface area (Å²) in [5.41, 5.74) is 3.08. The number of likely N-dealkylation sites (N-methyl/N-ethyl adjacent to an activating group) is 1. The number of hydrogen-bond acceptors (Lipinski definition) is 5. The molecule has 160 valence electrons. The molecule has 1 fully saturated rings. The SMILES string of the molecule is CC(=O)Nc1c(C)ccnc1CC(=O)N(C)C(CN1CCC(O)C1)c1ccccc1. The zero-order valence-electron chi connectivity index (χ0n) is 17.8. The number of anilines is 1. The van der Waals surface area contributed by atoms with Crippen LogP contribution >= 0.6 is 0 Å². The first-order valence-corrected chi connectivity index (χ1v) is 10.3. The van der Waals surface area contributed by atoms with Gasteiger partial charge in [-0.05, 0) is 30.5 Å². The molecule has 7 heteroatoms. The summed E-state index contributed by atoms with van der Waals surface area (Å²) >= 11 is 0. The minimum atomic E-state index is -0.306. The summed E-state index contributed by atoms with van der Waals surface area (Å²) in [6, 6.07) is 11.6. The van der Waals surface area contributed by atoms with E-state index in [0.29, 0.717) is 24.5 Å². The number of amides is 2. The smallest absolute Gasteiger partial charge is 0.228 e. The van der Waals surface area contributed by atoms with E-state index in [1.165, 1.54) is 6.92 Å². The van der Waals surface area contributed by atoms with Gasteiger partial charge in [0, 0.05) is 39.8 Å². The maximum atomic E-state index is 13.2. The average molecular weight is 411 g/mol. The molecule has 2 unspecified atom stereocenters. The second kappa shape index (κ2) is 9.82. The van der Waals surface area contributed by atoms with Crippen LogP contribution in [0.4, 0.5) is 5.69 Å². The number of nitrogens with one attached hydrogen (secondary N) is 1. The number of nitrogens with zero attached hydrogens (tertiary/aromatic N) is 3. The van der Waals surface area contributed by atoms with E-state index in [4.69, 9.17) is 0 Å². The van der Waals surface area contributed by atoms with Crippen molar-refractivity contribution in [2.24, 2.45) is 0 Å². The maximum Gasteiger partial charge on any atom is 0.228 e. The highest BCUT2D eigenvalue weighted by atomic mass is 16.3. The van der Waals surface area contributed by atoms with Crippen molar-refractivity contribution in [2.75, 3.05) is 32.0 Å². The molecule has 1 aliphatic rings. The summed E-state index contributed by atoms with van der Waals surface area (Å²) < 4.78 is 0. The fourth-order valence-electron chi connectivity index (χ4n) is 3.89. The van der Waals surface area contributed by atoms with Crippen LogP contribution in [0.25, 0.3) is 0 Å². The minimum Gasteiger partial charge on any atom is -0.392 e. The number of benzene rings is 1. The van der Waals surface area contributed by atoms with E-state index in [1.54, 1.807) is 18.1 Å². The van der Waals surface area contributed by atoms with Crippen LogP contribution in [0.5, 0.6) is 0 Å². The predicted octanol–water partition coefficient (Wildman–Crippen LogP) is 2.16. The number of aryl methyl sites for hydroxylation is 1. The molecule has 3 rings (SSSR count). The van der Waals surface area contributed by atoms with Gasteiger partial charge in [-0.25, -0.2) is 0 Å². The first-order valence-electron chi connectivity index (χ1n) is 10.3. The molecule has 1 saturated heterocycles. The standard InChI is InChI=1S/C23H30N4O3/c1-16-9-11-24-20(23(16)25-17(2)28)13-22(30)26(3)21(18-7-5-4-6-8-18)15-27-12-10-19(29)14-27/h4-9,11,19,21,29H,10,12-15H2,1-3H3,(H,25,28). The van der Waals surface area contributed by atoms with Gasteiger partial charge in [-0.2, -0.15) is 0 Å². The number of hydrogen-bond donors (Lipinski definition) is 2. The normalized spacial score (nSPS) is 17.5. The molecule has 2 heterocycles. The number of rotatable bonds is 7. The Morgan fingerprint density at radius 2 is 2.03 bits per heavy atom. The Morgan fingerprint density at radius 3 is 2.67 bits per heavy atom. The molecule has 2 aromatic rings. The Labute approximate surface area is 177 Å². The molecule has 1 aliphatic heterocycles. The van der Waals surface area contributed by atoms with Gasteiger partial charge in [0.15, 0.2) is 0 Å². The van der Waals surface area contributed by atoms with Gasteiger partial charge in [-0.1, -0.05) is 30.3 Å². The van der Waals surface area contributed by atoms with Crippen LogP contribution in [0.1, 0.15) is 36.2 Å². The molecule has 2 amide bonds. The van der Waals surface area contributed by atoms with Crippen molar-refractivity contribution in [3.05, 3.63) is 59.4 Å². The molecule has 2 N–H and O–H groups in total. The summed E-state index contributed by atoms with van der Waals surface area (Å²) in [4.78, 5) is 33.1. The Balaban J connectivity index is 1.81. The molecule has 0 saturated carbocycles. The average Bonchev–Trinajstić information content (AvgIpc) is 3.13. The first kappa shape index (κ1) is 21.9. The van der Waals surface area contributed by atoms with Crippen LogP contribution in [-0.4, -0.2) is 64.5 Å². The third-order valence-electron chi connectivity index (χ3n) is 5.58. The highest BCUT2D eigenvalue weighted by Gasteiger charge is 2.28. The fourth-order valence-corrected chi connectivity index (χ4v) is 3.89. The number of aromatic nitrogens is 1. The Hall–Kier alpha value is -2.77. The van der Waals surface area contributed by atoms with Crippen molar-refractivity contribution in [1.82, 2.24) is 14.8 Å². The summed E-state index contributed by atoms with van der Waals surface area (Å²) in [6.45, 7) is 5.43. The van der Waals surface area contributed by atoms with Crippen molar-refractivity contribution in [3.8, 4) is 0 Å². The predicted molar refractivity (Wildman–Crippen MR) is 116 cm³/mol. The molecule has 2 atom stereocenters. The van der Waals surface area contributed by atoms with Crippen LogP contribution in [0.2, 0.25) is 0 Å². The second-order valence-electron chi connectivity index (χ2n) is 7.94. The summed E-state index contributed by atoms with van der Waals surface area (Å²) in [7, 11) is 1.81. The number of aliphatic hydroxyl groups excluding tert-OH is 1. The zero-order valence-corrected chi connectivity index (χ0v) is 17.8. The lowest BCUT2D eigenvalue weighted by atomic mass is 10.0. The number of β-amino-alcohol motifs (C(OH)–C–C–N with tert-alkyl or cyclic N) is 1. The van der Waals surface area contributed by atoms with Crippen molar-refractivity contribution in [3.63, 3.8) is 0 Å². The summed E-state index contributed by atoms with van der Waals surface area (Å²) in [5, 5.41) is 12.7. The van der Waals surface area contributed by atoms with E-state index in [-0.39, 0.29) is 30.4 Å². The largest absolute Gasteiger partial charge is 0.392 e. The van der Waals surface area contributed by atoms with Gasteiger partial charge in [0.2, 0.25) is 11.8 Å². The van der Waals surface area contributed by atoms with E-state index in [0.717, 1.165) is 24.1 Å². The van der Waals surface area contributed by atoms with Crippen LogP contribution in [0, 0.1) is 6.92 Å². The molecule has 0 spiro atoms. The monoisotopic (exact) mass is 410 g/mol. The molecule has 1 aromatic carbocycles. The van der Waals surface area contributed by atoms with E-state index >= 15 is 0 Å². The number of likely N-dealkylation sites (tertiary alicyclic amines) is 1. The Bertz CT molecular complexity index is 887. The van der Waals surface area contributed by atoms with E-state index in [1.807, 2.05) is 43.3 Å². The van der Waals surface area contributed by atoms with Gasteiger partial charge in [-0.3, -0.25) is 19.5 Å². The van der Waals surface area contributed by atoms with Crippen molar-refractivity contribution < 1.29 is 14.7 Å². The zero-order chi connectivity index (χ0) is 21.7. The van der Waals surface area contributed by atoms with Gasteiger partial charge in [0.05, 0.1) is 29.9 Å². The van der Waals surface area contributed by atoms with Crippen LogP contribution in [0.15, 0.2) is 42.6 Å². The van der Waals surface area contributed by atoms with Gasteiger partial charge in [0.1, 0.15) is 0 Å². The Morgan fingerprint density at radius 1 is 1.30 bits per heavy atom. The van der Waals surface area contributed by atoms with Gasteiger partial charge in [0.25, 0.3) is 0 Å². The molecule has 1 aromatic heterocycles. The lowest BCUT2D eigenvalue weighted by Gasteiger charge is -2.32. The van der Waals surface area contributed by atoms with Crippen LogP contribution in [0.3, 0.4) is 0 Å². The topological polar surface area (TPSA) is 85.8 Å². The third kappa shape index (κ3) is 5.43. The number of carbonyl (C=O) groups excluding carboxylic acids is 2. The molecule has 0 radical (unpaired) electrons. The summed E-state index contributed by atoms with van der Waals surface area (Å²) in [5.74, 6) is -0.267. The maximum absolute atomic E-state index is 13.2. The van der Waals surface area contributed by atoms with Gasteiger partial charge < -0.3 is 15.3 Å². The lowest BCUT2D eigenvalue weighted by Crippen LogP contribution is -2.39. The van der Waals surface area contributed by atoms with E-state index in [9.17, 15) is 14.7 Å². The lowest BCUT2D eigenvalue weighted by molar-refractivity contribution is -0.131. The highest BCUT2D eigenvalue weighted by molar-refractivity contribution is 5.91. The molecule has 7 nitrogen and oxygen atoms in total. The third-order valence-corrected chi connectivity index (χ3v) is 5.58. The minimum absolute atomic E-state index is 0.0756. The van der Waals surface area contributed by atoms with E-state index in [2.05, 4.69) is 15.2 Å². The van der Waals surface area contributed by atoms with Crippen molar-refractivity contribution in [2.45, 2.75) is 38.8 Å². The van der Waals surface area contributed by atoms with Crippen LogP contribution < -0.4 is 5.32 Å². The van der Waals surface area contributed by atoms with E-state index < -0.39 is 0 Å². The Kier molecular flexibility index (Phi) is 7.18. The van der Waals surface area contributed by atoms with Crippen molar-refractivity contribution >= 4 is 17.5 Å². The molecule has 0 aliphatic carbocycles. The van der Waals surface area contributed by atoms with Crippen LogP contribution in [-0.2, 0) is 16.0 Å². The second-order valence-corrected chi connectivity index (χ2v) is 7.94. The summed E-state index contributed by atoms with van der Waals surface area (Å²) in [6.07, 6.45) is 2.20. The molecular formula is C23H30N4O3. The quantitative estimate of drug-likeness (QED) is 0.731. The molecule has 30 heavy (non-hydrogen) atoms. The highest BCUT2D eigenvalue weighted by Crippen LogP contribution is 2.25. The van der Waals surface area contributed by atoms with Crippen molar-refractivity contribution in [1.29, 1.82) is 0 Å². The first-order chi connectivity index (χ1) is 14.3. The van der Waals surface area contributed by atoms with Gasteiger partial charge >= 0.3 is 0 Å². The number of aliphatic hydroxyl groups is 1. The van der Waals surface area contributed by atoms with Gasteiger partial charge in [-0.15, -0.1) is 0 Å². The fraction of sp³-hybridized carbons (Fsp3) is 0.435. The molecule has 0 bridgehead atoms. The number of pyridine rings is 1. The number of carbonyl (C=O) groups is 2. The molecular weight excluding hydrogens is 380 g/mol.